The number of allylic oxidation sites excluding steroid dienone is 1. The molecule has 2 rings (SSSR count). The molecule has 0 amide bonds. The Bertz CT molecular complexity index is 758. The average Bonchev–Trinajstić information content (AvgIpc) is 2.52. The van der Waals surface area contributed by atoms with E-state index >= 15 is 0 Å². The fraction of sp³-hybridized carbons (Fsp3) is 0.211. The van der Waals surface area contributed by atoms with Crippen LogP contribution in [-0.2, 0) is 0 Å². The largest absolute Gasteiger partial charge is 0.492 e. The highest BCUT2D eigenvalue weighted by Crippen LogP contribution is 2.35. The zero-order valence-electron chi connectivity index (χ0n) is 13.1. The molecule has 0 N–H and O–H groups in total. The normalized spacial score (nSPS) is 11.2. The van der Waals surface area contributed by atoms with E-state index in [0.717, 1.165) is 32.2 Å². The summed E-state index contributed by atoms with van der Waals surface area (Å²) in [5, 5.41) is 9.53. The third-order valence-electron chi connectivity index (χ3n) is 3.27. The van der Waals surface area contributed by atoms with Crippen molar-refractivity contribution in [2.75, 3.05) is 6.61 Å². The molecule has 0 heterocycles. The molecule has 0 aliphatic heterocycles. The first-order valence-electron chi connectivity index (χ1n) is 7.35. The smallest absolute Gasteiger partial charge is 0.140 e. The molecule has 0 aromatic heterocycles. The molecule has 0 saturated carbocycles. The maximum absolute atomic E-state index is 9.53. The molecular formula is C19H17Br2NO. The molecule has 0 aliphatic rings. The number of nitriles is 1. The van der Waals surface area contributed by atoms with Crippen LogP contribution in [0.2, 0.25) is 0 Å². The van der Waals surface area contributed by atoms with Crippen molar-refractivity contribution in [3.63, 3.8) is 0 Å². The van der Waals surface area contributed by atoms with Crippen LogP contribution < -0.4 is 4.74 Å². The summed E-state index contributed by atoms with van der Waals surface area (Å²) in [4.78, 5) is 0. The predicted molar refractivity (Wildman–Crippen MR) is 102 cm³/mol. The molecule has 0 atom stereocenters. The first kappa shape index (κ1) is 17.8. The second-order valence-electron chi connectivity index (χ2n) is 5.19. The van der Waals surface area contributed by atoms with E-state index in [1.54, 1.807) is 0 Å². The van der Waals surface area contributed by atoms with Gasteiger partial charge in [-0.1, -0.05) is 52.7 Å². The molecule has 0 bridgehead atoms. The molecule has 0 radical (unpaired) electrons. The summed E-state index contributed by atoms with van der Waals surface area (Å²) in [6.07, 6.45) is 2.79. The van der Waals surface area contributed by atoms with Crippen molar-refractivity contribution in [1.82, 2.24) is 0 Å². The minimum absolute atomic E-state index is 0.608. The highest BCUT2D eigenvalue weighted by molar-refractivity contribution is 9.11. The van der Waals surface area contributed by atoms with Crippen LogP contribution in [0.4, 0.5) is 0 Å². The van der Waals surface area contributed by atoms with Crippen molar-refractivity contribution < 1.29 is 4.74 Å². The van der Waals surface area contributed by atoms with Crippen LogP contribution in [0.5, 0.6) is 5.75 Å². The van der Waals surface area contributed by atoms with Gasteiger partial charge in [0.05, 0.1) is 22.7 Å². The van der Waals surface area contributed by atoms with Crippen molar-refractivity contribution >= 4 is 43.5 Å². The Labute approximate surface area is 154 Å². The van der Waals surface area contributed by atoms with Crippen molar-refractivity contribution in [3.8, 4) is 11.8 Å². The van der Waals surface area contributed by atoms with E-state index < -0.39 is 0 Å². The van der Waals surface area contributed by atoms with Gasteiger partial charge in [-0.25, -0.2) is 0 Å². The van der Waals surface area contributed by atoms with Crippen LogP contribution in [-0.4, -0.2) is 6.61 Å². The molecule has 23 heavy (non-hydrogen) atoms. The maximum atomic E-state index is 9.53. The fourth-order valence-corrected chi connectivity index (χ4v) is 3.49. The summed E-state index contributed by atoms with van der Waals surface area (Å²) in [7, 11) is 0. The summed E-state index contributed by atoms with van der Waals surface area (Å²) in [6, 6.07) is 14.1. The second kappa shape index (κ2) is 8.33. The number of benzene rings is 2. The van der Waals surface area contributed by atoms with Gasteiger partial charge in [-0.15, -0.1) is 0 Å². The fourth-order valence-electron chi connectivity index (χ4n) is 2.11. The molecule has 0 unspecified atom stereocenters. The van der Waals surface area contributed by atoms with Crippen molar-refractivity contribution in [3.05, 3.63) is 62.0 Å². The van der Waals surface area contributed by atoms with Gasteiger partial charge in [0.1, 0.15) is 5.75 Å². The lowest BCUT2D eigenvalue weighted by Crippen LogP contribution is -1.98. The summed E-state index contributed by atoms with van der Waals surface area (Å²) in [5.74, 6) is 0.759. The third kappa shape index (κ3) is 4.70. The van der Waals surface area contributed by atoms with Gasteiger partial charge in [-0.3, -0.25) is 0 Å². The summed E-state index contributed by atoms with van der Waals surface area (Å²) in [5.41, 5.74) is 3.55. The van der Waals surface area contributed by atoms with Crippen LogP contribution in [0.15, 0.2) is 45.3 Å². The summed E-state index contributed by atoms with van der Waals surface area (Å²) < 4.78 is 7.65. The lowest BCUT2D eigenvalue weighted by molar-refractivity contribution is 0.315. The van der Waals surface area contributed by atoms with Crippen LogP contribution in [0.3, 0.4) is 0 Å². The second-order valence-corrected chi connectivity index (χ2v) is 6.96. The van der Waals surface area contributed by atoms with Crippen molar-refractivity contribution in [1.29, 1.82) is 5.26 Å². The lowest BCUT2D eigenvalue weighted by Gasteiger charge is -2.12. The Morgan fingerprint density at radius 3 is 2.52 bits per heavy atom. The van der Waals surface area contributed by atoms with Crippen molar-refractivity contribution in [2.24, 2.45) is 0 Å². The SMILES string of the molecule is CCCOc1c(Br)cc(Br)cc1/C=C(\C#N)c1ccc(C)cc1. The molecule has 0 spiro atoms. The van der Waals surface area contributed by atoms with Gasteiger partial charge in [0.15, 0.2) is 0 Å². The minimum Gasteiger partial charge on any atom is -0.492 e. The number of hydrogen-bond donors (Lipinski definition) is 0. The van der Waals surface area contributed by atoms with E-state index in [9.17, 15) is 5.26 Å². The van der Waals surface area contributed by atoms with Gasteiger partial charge in [0, 0.05) is 10.0 Å². The first-order chi connectivity index (χ1) is 11.0. The molecule has 0 fully saturated rings. The minimum atomic E-state index is 0.608. The van der Waals surface area contributed by atoms with E-state index in [4.69, 9.17) is 4.74 Å². The lowest BCUT2D eigenvalue weighted by atomic mass is 10.0. The molecule has 118 valence electrons. The summed E-state index contributed by atoms with van der Waals surface area (Å²) >= 11 is 7.03. The number of rotatable bonds is 5. The molecule has 4 heteroatoms. The zero-order valence-corrected chi connectivity index (χ0v) is 16.2. The molecule has 0 saturated heterocycles. The number of aryl methyl sites for hydroxylation is 1. The van der Waals surface area contributed by atoms with E-state index in [2.05, 4.69) is 44.9 Å². The molecule has 0 aliphatic carbocycles. The highest BCUT2D eigenvalue weighted by Gasteiger charge is 2.10. The Hall–Kier alpha value is -1.57. The topological polar surface area (TPSA) is 33.0 Å². The average molecular weight is 435 g/mol. The quantitative estimate of drug-likeness (QED) is 0.404. The standard InChI is InChI=1S/C19H17Br2NO/c1-3-8-23-19-15(10-17(20)11-18(19)21)9-16(12-22)14-6-4-13(2)5-7-14/h4-7,9-11H,3,8H2,1-2H3/b16-9+. The van der Waals surface area contributed by atoms with Gasteiger partial charge in [-0.2, -0.15) is 5.26 Å². The van der Waals surface area contributed by atoms with Gasteiger partial charge >= 0.3 is 0 Å². The third-order valence-corrected chi connectivity index (χ3v) is 4.32. The van der Waals surface area contributed by atoms with Gasteiger partial charge in [0.2, 0.25) is 0 Å². The molecular weight excluding hydrogens is 418 g/mol. The number of nitrogens with zero attached hydrogens (tertiary/aromatic N) is 1. The van der Waals surface area contributed by atoms with E-state index in [1.165, 1.54) is 5.56 Å². The zero-order chi connectivity index (χ0) is 16.8. The van der Waals surface area contributed by atoms with Crippen molar-refractivity contribution in [2.45, 2.75) is 20.3 Å². The maximum Gasteiger partial charge on any atom is 0.140 e. The Kier molecular flexibility index (Phi) is 6.44. The van der Waals surface area contributed by atoms with Gasteiger partial charge in [0.25, 0.3) is 0 Å². The first-order valence-corrected chi connectivity index (χ1v) is 8.94. The number of ether oxygens (including phenoxy) is 1. The van der Waals surface area contributed by atoms with E-state index in [0.29, 0.717) is 12.2 Å². The van der Waals surface area contributed by atoms with Crippen LogP contribution in [0.25, 0.3) is 11.6 Å². The predicted octanol–water partition coefficient (Wildman–Crippen LogP) is 6.37. The van der Waals surface area contributed by atoms with E-state index in [1.807, 2.05) is 49.4 Å². The molecule has 2 aromatic rings. The van der Waals surface area contributed by atoms with Crippen LogP contribution in [0.1, 0.15) is 30.0 Å². The van der Waals surface area contributed by atoms with Crippen LogP contribution in [0, 0.1) is 18.3 Å². The van der Waals surface area contributed by atoms with Gasteiger partial charge < -0.3 is 4.74 Å². The van der Waals surface area contributed by atoms with Gasteiger partial charge in [-0.05, 0) is 53.0 Å². The van der Waals surface area contributed by atoms with Crippen LogP contribution >= 0.6 is 31.9 Å². The Morgan fingerprint density at radius 1 is 1.22 bits per heavy atom. The number of halogens is 2. The Morgan fingerprint density at radius 2 is 1.91 bits per heavy atom. The number of hydrogen-bond acceptors (Lipinski definition) is 2. The molecule has 2 nitrogen and oxygen atoms in total. The summed E-state index contributed by atoms with van der Waals surface area (Å²) in [6.45, 7) is 4.73. The Balaban J connectivity index is 2.50. The van der Waals surface area contributed by atoms with E-state index in [-0.39, 0.29) is 0 Å². The monoisotopic (exact) mass is 433 g/mol. The highest BCUT2D eigenvalue weighted by atomic mass is 79.9. The molecule has 2 aromatic carbocycles.